The van der Waals surface area contributed by atoms with Crippen molar-refractivity contribution in [3.8, 4) is 5.88 Å². The molecule has 0 aliphatic carbocycles. The van der Waals surface area contributed by atoms with Gasteiger partial charge in [0.05, 0.1) is 18.2 Å². The maximum Gasteiger partial charge on any atom is 0.352 e. The third-order valence-corrected chi connectivity index (χ3v) is 6.26. The number of hydrogen-bond donors (Lipinski definition) is 1. The number of nitrogens with zero attached hydrogens (tertiary/aromatic N) is 2. The number of ether oxygens (including phenoxy) is 4. The zero-order valence-corrected chi connectivity index (χ0v) is 21.5. The molecule has 1 N–H and O–H groups in total. The van der Waals surface area contributed by atoms with Gasteiger partial charge in [0.2, 0.25) is 5.88 Å². The average Bonchev–Trinajstić information content (AvgIpc) is 3.30. The molecule has 1 fully saturated rings. The highest BCUT2D eigenvalue weighted by Gasteiger charge is 2.40. The SMILES string of the molecule is COc1nc(=O)n([C@H]2C[C@H](OC(=O)c3ccc(C)cc3)[C@@H](COC(=O)c3ccc(C)cc3)O2)cc1CCO. The van der Waals surface area contributed by atoms with E-state index in [2.05, 4.69) is 4.98 Å². The van der Waals surface area contributed by atoms with Crippen LogP contribution in [0.4, 0.5) is 0 Å². The van der Waals surface area contributed by atoms with Gasteiger partial charge in [0.15, 0.2) is 0 Å². The van der Waals surface area contributed by atoms with Crippen molar-refractivity contribution in [3.63, 3.8) is 0 Å². The Bertz CT molecular complexity index is 1330. The zero-order valence-electron chi connectivity index (χ0n) is 21.5. The van der Waals surface area contributed by atoms with Crippen LogP contribution >= 0.6 is 0 Å². The van der Waals surface area contributed by atoms with Crippen LogP contribution in [0.5, 0.6) is 5.88 Å². The first-order valence-corrected chi connectivity index (χ1v) is 12.2. The lowest BCUT2D eigenvalue weighted by Gasteiger charge is -2.19. The molecule has 2 heterocycles. The molecule has 10 heteroatoms. The van der Waals surface area contributed by atoms with Crippen LogP contribution in [0.25, 0.3) is 0 Å². The fourth-order valence-electron chi connectivity index (χ4n) is 4.14. The fourth-order valence-corrected chi connectivity index (χ4v) is 4.14. The fraction of sp³-hybridized carbons (Fsp3) is 0.357. The van der Waals surface area contributed by atoms with E-state index in [-0.39, 0.29) is 31.9 Å². The van der Waals surface area contributed by atoms with Crippen LogP contribution in [-0.4, -0.2) is 59.1 Å². The molecule has 0 unspecified atom stereocenters. The van der Waals surface area contributed by atoms with Crippen molar-refractivity contribution < 1.29 is 33.6 Å². The van der Waals surface area contributed by atoms with Crippen LogP contribution in [0.2, 0.25) is 0 Å². The zero-order chi connectivity index (χ0) is 27.2. The average molecular weight is 523 g/mol. The molecule has 200 valence electrons. The van der Waals surface area contributed by atoms with E-state index in [1.54, 1.807) is 48.5 Å². The summed E-state index contributed by atoms with van der Waals surface area (Å²) in [6.07, 6.45) is -0.649. The first-order chi connectivity index (χ1) is 18.3. The predicted octanol–water partition coefficient (Wildman–Crippen LogP) is 2.77. The quantitative estimate of drug-likeness (QED) is 0.422. The Labute approximate surface area is 219 Å². The lowest BCUT2D eigenvalue weighted by molar-refractivity contribution is -0.0583. The molecule has 1 aliphatic heterocycles. The van der Waals surface area contributed by atoms with Crippen molar-refractivity contribution in [2.75, 3.05) is 20.3 Å². The third kappa shape index (κ3) is 6.27. The first kappa shape index (κ1) is 27.0. The van der Waals surface area contributed by atoms with Crippen molar-refractivity contribution in [1.82, 2.24) is 9.55 Å². The van der Waals surface area contributed by atoms with Crippen LogP contribution in [0.3, 0.4) is 0 Å². The highest BCUT2D eigenvalue weighted by Crippen LogP contribution is 2.32. The van der Waals surface area contributed by atoms with Gasteiger partial charge in [-0.2, -0.15) is 4.98 Å². The van der Waals surface area contributed by atoms with Crippen molar-refractivity contribution >= 4 is 11.9 Å². The summed E-state index contributed by atoms with van der Waals surface area (Å²) in [6.45, 7) is 3.46. The summed E-state index contributed by atoms with van der Waals surface area (Å²) in [7, 11) is 1.39. The molecule has 2 aromatic carbocycles. The van der Waals surface area contributed by atoms with Gasteiger partial charge in [-0.15, -0.1) is 0 Å². The Morgan fingerprint density at radius 1 is 1.03 bits per heavy atom. The number of aromatic nitrogens is 2. The minimum atomic E-state index is -0.850. The number of aryl methyl sites for hydroxylation is 2. The standard InChI is InChI=1S/C28H30N2O8/c1-17-4-8-19(9-5-17)26(32)36-16-23-22(38-27(33)20-10-6-18(2)7-11-20)14-24(37-23)30-15-21(12-13-31)25(35-3)29-28(30)34/h4-11,15,22-24,31H,12-14,16H2,1-3H3/t22-,23+,24+/m0/s1. The highest BCUT2D eigenvalue weighted by molar-refractivity contribution is 5.90. The van der Waals surface area contributed by atoms with Crippen molar-refractivity contribution in [2.24, 2.45) is 0 Å². The van der Waals surface area contributed by atoms with Gasteiger partial charge < -0.3 is 24.1 Å². The molecule has 1 saturated heterocycles. The number of hydrogen-bond acceptors (Lipinski definition) is 9. The topological polar surface area (TPSA) is 126 Å². The van der Waals surface area contributed by atoms with Crippen molar-refractivity contribution in [3.05, 3.63) is 93.0 Å². The van der Waals surface area contributed by atoms with E-state index >= 15 is 0 Å². The molecule has 0 bridgehead atoms. The van der Waals surface area contributed by atoms with Gasteiger partial charge in [-0.1, -0.05) is 35.4 Å². The number of carbonyl (C=O) groups excluding carboxylic acids is 2. The largest absolute Gasteiger partial charge is 0.481 e. The predicted molar refractivity (Wildman–Crippen MR) is 136 cm³/mol. The summed E-state index contributed by atoms with van der Waals surface area (Å²) in [5.74, 6) is -0.992. The van der Waals surface area contributed by atoms with Gasteiger partial charge in [0.1, 0.15) is 25.0 Å². The molecule has 3 aromatic rings. The number of aliphatic hydroxyl groups excluding tert-OH is 1. The summed E-state index contributed by atoms with van der Waals surface area (Å²) in [5.41, 5.74) is 2.63. The van der Waals surface area contributed by atoms with Crippen molar-refractivity contribution in [1.29, 1.82) is 0 Å². The normalized spacial score (nSPS) is 18.7. The van der Waals surface area contributed by atoms with Crippen LogP contribution in [0, 0.1) is 13.8 Å². The Morgan fingerprint density at radius 3 is 2.21 bits per heavy atom. The number of methoxy groups -OCH3 is 1. The summed E-state index contributed by atoms with van der Waals surface area (Å²) >= 11 is 0. The number of benzene rings is 2. The molecule has 1 aliphatic rings. The smallest absolute Gasteiger partial charge is 0.352 e. The maximum absolute atomic E-state index is 12.9. The van der Waals surface area contributed by atoms with Crippen LogP contribution in [0.1, 0.15) is 50.1 Å². The number of carbonyl (C=O) groups is 2. The van der Waals surface area contributed by atoms with E-state index in [1.807, 2.05) is 13.8 Å². The van der Waals surface area contributed by atoms with Gasteiger partial charge in [-0.3, -0.25) is 4.57 Å². The lowest BCUT2D eigenvalue weighted by atomic mass is 10.1. The molecule has 0 saturated carbocycles. The van der Waals surface area contributed by atoms with Gasteiger partial charge in [0, 0.05) is 31.2 Å². The summed E-state index contributed by atoms with van der Waals surface area (Å²) < 4.78 is 23.7. The molecular weight excluding hydrogens is 492 g/mol. The molecule has 38 heavy (non-hydrogen) atoms. The summed E-state index contributed by atoms with van der Waals surface area (Å²) in [5, 5.41) is 9.40. The molecule has 0 radical (unpaired) electrons. The van der Waals surface area contributed by atoms with Gasteiger partial charge in [-0.05, 0) is 38.1 Å². The van der Waals surface area contributed by atoms with Gasteiger partial charge in [0.25, 0.3) is 0 Å². The molecule has 0 spiro atoms. The Kier molecular flexibility index (Phi) is 8.55. The molecule has 0 amide bonds. The second-order valence-electron chi connectivity index (χ2n) is 9.08. The minimum Gasteiger partial charge on any atom is -0.481 e. The molecule has 1 aromatic heterocycles. The van der Waals surface area contributed by atoms with E-state index in [0.29, 0.717) is 16.7 Å². The monoisotopic (exact) mass is 522 g/mol. The second-order valence-corrected chi connectivity index (χ2v) is 9.08. The third-order valence-electron chi connectivity index (χ3n) is 6.26. The second kappa shape index (κ2) is 12.0. The molecule has 4 rings (SSSR count). The van der Waals surface area contributed by atoms with Crippen LogP contribution in [0.15, 0.2) is 59.5 Å². The van der Waals surface area contributed by atoms with E-state index in [0.717, 1.165) is 11.1 Å². The minimum absolute atomic E-state index is 0.115. The summed E-state index contributed by atoms with van der Waals surface area (Å²) in [6, 6.07) is 13.9. The lowest BCUT2D eigenvalue weighted by Crippen LogP contribution is -2.32. The Balaban J connectivity index is 1.56. The van der Waals surface area contributed by atoms with E-state index in [1.165, 1.54) is 17.9 Å². The first-order valence-electron chi connectivity index (χ1n) is 12.2. The molecule has 3 atom stereocenters. The Morgan fingerprint density at radius 2 is 1.63 bits per heavy atom. The van der Waals surface area contributed by atoms with Crippen molar-refractivity contribution in [2.45, 2.75) is 45.1 Å². The number of rotatable bonds is 9. The van der Waals surface area contributed by atoms with E-state index in [4.69, 9.17) is 18.9 Å². The van der Waals surface area contributed by atoms with Gasteiger partial charge >= 0.3 is 17.6 Å². The number of aliphatic hydroxyl groups is 1. The van der Waals surface area contributed by atoms with Gasteiger partial charge in [-0.25, -0.2) is 14.4 Å². The molecule has 10 nitrogen and oxygen atoms in total. The Hall–Kier alpha value is -4.02. The van der Waals surface area contributed by atoms with Crippen LogP contribution < -0.4 is 10.4 Å². The maximum atomic E-state index is 12.9. The van der Waals surface area contributed by atoms with Crippen LogP contribution in [-0.2, 0) is 20.6 Å². The highest BCUT2D eigenvalue weighted by atomic mass is 16.6. The van der Waals surface area contributed by atoms with E-state index in [9.17, 15) is 19.5 Å². The summed E-state index contributed by atoms with van der Waals surface area (Å²) in [4.78, 5) is 42.2. The van der Waals surface area contributed by atoms with E-state index < -0.39 is 36.1 Å². The molecular formula is C28H30N2O8. The number of esters is 2.